The minimum absolute atomic E-state index is 0.00959. The second-order valence-corrected chi connectivity index (χ2v) is 21.4. The molecule has 2 atom stereocenters. The first-order valence-corrected chi connectivity index (χ1v) is 31.0. The van der Waals surface area contributed by atoms with Gasteiger partial charge in [-0.15, -0.1) is 0 Å². The second-order valence-electron chi connectivity index (χ2n) is 21.4. The quantitative estimate of drug-likeness (QED) is 0.0321. The van der Waals surface area contributed by atoms with Crippen molar-refractivity contribution in [1.29, 1.82) is 0 Å². The SMILES string of the molecule is CCCCCCCCCCCCCCCC/C=C/C(O)C(CO)NC(=O)CCCCCCCCCCCCCCCCCCCOC(=O)CCCCCCCCCCCCCCCCCCCC. The minimum Gasteiger partial charge on any atom is -0.466 e. The van der Waals surface area contributed by atoms with Crippen LogP contribution in [0.3, 0.4) is 0 Å². The van der Waals surface area contributed by atoms with E-state index in [0.717, 1.165) is 38.5 Å². The van der Waals surface area contributed by atoms with Crippen molar-refractivity contribution < 1.29 is 24.5 Å². The van der Waals surface area contributed by atoms with Gasteiger partial charge in [-0.05, 0) is 32.1 Å². The molecule has 0 fully saturated rings. The number of hydrogen-bond acceptors (Lipinski definition) is 5. The molecule has 0 aromatic heterocycles. The first-order chi connectivity index (χ1) is 33.5. The summed E-state index contributed by atoms with van der Waals surface area (Å²) in [6.07, 6.45) is 69.6. The number of esters is 1. The third kappa shape index (κ3) is 53.9. The van der Waals surface area contributed by atoms with E-state index in [1.807, 2.05) is 6.08 Å². The van der Waals surface area contributed by atoms with Crippen LogP contribution in [0.4, 0.5) is 0 Å². The van der Waals surface area contributed by atoms with Gasteiger partial charge < -0.3 is 20.3 Å². The first kappa shape index (κ1) is 66.6. The predicted molar refractivity (Wildman–Crippen MR) is 297 cm³/mol. The highest BCUT2D eigenvalue weighted by Gasteiger charge is 2.18. The molecule has 0 radical (unpaired) electrons. The molecule has 404 valence electrons. The fourth-order valence-electron chi connectivity index (χ4n) is 9.81. The van der Waals surface area contributed by atoms with E-state index in [2.05, 4.69) is 19.2 Å². The molecule has 0 spiro atoms. The molecule has 0 aliphatic rings. The lowest BCUT2D eigenvalue weighted by molar-refractivity contribution is -0.143. The molecule has 0 saturated heterocycles. The van der Waals surface area contributed by atoms with Gasteiger partial charge >= 0.3 is 5.97 Å². The number of hydrogen-bond donors (Lipinski definition) is 3. The molecule has 0 rings (SSSR count). The predicted octanol–water partition coefficient (Wildman–Crippen LogP) is 19.2. The van der Waals surface area contributed by atoms with E-state index in [4.69, 9.17) is 4.74 Å². The highest BCUT2D eigenvalue weighted by molar-refractivity contribution is 5.76. The summed E-state index contributed by atoms with van der Waals surface area (Å²) in [4.78, 5) is 24.6. The normalized spacial score (nSPS) is 12.6. The number of carbonyl (C=O) groups excluding carboxylic acids is 2. The van der Waals surface area contributed by atoms with Crippen LogP contribution >= 0.6 is 0 Å². The van der Waals surface area contributed by atoms with Crippen molar-refractivity contribution in [2.45, 2.75) is 360 Å². The van der Waals surface area contributed by atoms with Crippen LogP contribution in [0, 0.1) is 0 Å². The van der Waals surface area contributed by atoms with E-state index >= 15 is 0 Å². The van der Waals surface area contributed by atoms with Crippen molar-refractivity contribution in [1.82, 2.24) is 5.32 Å². The van der Waals surface area contributed by atoms with E-state index in [9.17, 15) is 19.8 Å². The van der Waals surface area contributed by atoms with E-state index in [0.29, 0.717) is 19.4 Å². The van der Waals surface area contributed by atoms with Crippen LogP contribution in [0.5, 0.6) is 0 Å². The highest BCUT2D eigenvalue weighted by atomic mass is 16.5. The van der Waals surface area contributed by atoms with Gasteiger partial charge in [-0.3, -0.25) is 9.59 Å². The van der Waals surface area contributed by atoms with Crippen LogP contribution in [0.15, 0.2) is 12.2 Å². The summed E-state index contributed by atoms with van der Waals surface area (Å²) >= 11 is 0. The Bertz CT molecular complexity index is 1020. The molecule has 0 heterocycles. The summed E-state index contributed by atoms with van der Waals surface area (Å²) < 4.78 is 5.50. The fourth-order valence-corrected chi connectivity index (χ4v) is 9.81. The molecule has 2 unspecified atom stereocenters. The number of carbonyl (C=O) groups is 2. The van der Waals surface area contributed by atoms with Gasteiger partial charge in [0.2, 0.25) is 5.91 Å². The van der Waals surface area contributed by atoms with Gasteiger partial charge in [0, 0.05) is 12.8 Å². The minimum atomic E-state index is -0.847. The Labute approximate surface area is 425 Å². The zero-order chi connectivity index (χ0) is 49.3. The average molecular weight is 961 g/mol. The molecule has 6 heteroatoms. The van der Waals surface area contributed by atoms with Gasteiger partial charge in [0.05, 0.1) is 25.4 Å². The summed E-state index contributed by atoms with van der Waals surface area (Å²) in [5.41, 5.74) is 0. The number of rotatable bonds is 58. The topological polar surface area (TPSA) is 95.9 Å². The summed E-state index contributed by atoms with van der Waals surface area (Å²) in [6, 6.07) is -0.631. The largest absolute Gasteiger partial charge is 0.466 e. The Morgan fingerprint density at radius 2 is 0.676 bits per heavy atom. The molecular weight excluding hydrogens is 839 g/mol. The van der Waals surface area contributed by atoms with Gasteiger partial charge in [0.1, 0.15) is 0 Å². The molecule has 0 aromatic carbocycles. The van der Waals surface area contributed by atoms with Gasteiger partial charge in [0.25, 0.3) is 0 Å². The maximum absolute atomic E-state index is 12.5. The van der Waals surface area contributed by atoms with E-state index in [-0.39, 0.29) is 18.5 Å². The highest BCUT2D eigenvalue weighted by Crippen LogP contribution is 2.18. The number of ether oxygens (including phenoxy) is 1. The standard InChI is InChI=1S/C62H121NO5/c1-3-5-7-9-11-13-15-17-19-21-24-28-32-36-40-44-48-52-56-62(67)68-57-53-49-45-41-37-33-29-25-22-23-27-31-35-39-43-47-51-55-61(66)63-59(58-64)60(65)54-50-46-42-38-34-30-26-20-18-16-14-12-10-8-6-4-2/h50,54,59-60,64-65H,3-49,51-53,55-58H2,1-2H3,(H,63,66)/b54-50+. The van der Waals surface area contributed by atoms with E-state index in [1.165, 1.54) is 283 Å². The van der Waals surface area contributed by atoms with E-state index < -0.39 is 12.1 Å². The third-order valence-corrected chi connectivity index (χ3v) is 14.6. The first-order valence-electron chi connectivity index (χ1n) is 31.0. The van der Waals surface area contributed by atoms with Crippen molar-refractivity contribution in [3.8, 4) is 0 Å². The van der Waals surface area contributed by atoms with Crippen LogP contribution in [-0.4, -0.2) is 47.4 Å². The molecule has 1 amide bonds. The fraction of sp³-hybridized carbons (Fsp3) is 0.935. The number of nitrogens with one attached hydrogen (secondary N) is 1. The second kappa shape index (κ2) is 58.2. The molecule has 6 nitrogen and oxygen atoms in total. The third-order valence-electron chi connectivity index (χ3n) is 14.6. The lowest BCUT2D eigenvalue weighted by Crippen LogP contribution is -2.45. The van der Waals surface area contributed by atoms with Crippen molar-refractivity contribution in [3.63, 3.8) is 0 Å². The molecule has 0 aliphatic heterocycles. The Kier molecular flexibility index (Phi) is 57.0. The van der Waals surface area contributed by atoms with Gasteiger partial charge in [-0.25, -0.2) is 0 Å². The Morgan fingerprint density at radius 1 is 0.397 bits per heavy atom. The monoisotopic (exact) mass is 960 g/mol. The van der Waals surface area contributed by atoms with Crippen molar-refractivity contribution >= 4 is 11.9 Å². The lowest BCUT2D eigenvalue weighted by Gasteiger charge is -2.20. The Balaban J connectivity index is 3.41. The van der Waals surface area contributed by atoms with Crippen molar-refractivity contribution in [3.05, 3.63) is 12.2 Å². The molecule has 0 aromatic rings. The lowest BCUT2D eigenvalue weighted by atomic mass is 10.0. The maximum Gasteiger partial charge on any atom is 0.305 e. The summed E-state index contributed by atoms with van der Waals surface area (Å²) in [6.45, 7) is 4.92. The molecule has 68 heavy (non-hydrogen) atoms. The van der Waals surface area contributed by atoms with Gasteiger partial charge in [-0.1, -0.05) is 315 Å². The summed E-state index contributed by atoms with van der Waals surface area (Å²) in [7, 11) is 0. The Hall–Kier alpha value is -1.40. The number of amides is 1. The summed E-state index contributed by atoms with van der Waals surface area (Å²) in [5, 5.41) is 23.1. The zero-order valence-electron chi connectivity index (χ0n) is 46.1. The molecule has 3 N–H and O–H groups in total. The molecule has 0 aliphatic carbocycles. The summed E-state index contributed by atoms with van der Waals surface area (Å²) in [5.74, 6) is -0.0609. The van der Waals surface area contributed by atoms with Crippen LogP contribution < -0.4 is 5.32 Å². The van der Waals surface area contributed by atoms with Crippen molar-refractivity contribution in [2.75, 3.05) is 13.2 Å². The Morgan fingerprint density at radius 3 is 1.00 bits per heavy atom. The number of unbranched alkanes of at least 4 members (excludes halogenated alkanes) is 47. The number of aliphatic hydroxyl groups excluding tert-OH is 2. The number of aliphatic hydroxyl groups is 2. The molecule has 0 bridgehead atoms. The van der Waals surface area contributed by atoms with Crippen LogP contribution in [0.1, 0.15) is 348 Å². The molecule has 0 saturated carbocycles. The average Bonchev–Trinajstić information content (AvgIpc) is 3.34. The maximum atomic E-state index is 12.5. The van der Waals surface area contributed by atoms with Crippen LogP contribution in [0.2, 0.25) is 0 Å². The van der Waals surface area contributed by atoms with E-state index in [1.54, 1.807) is 6.08 Å². The van der Waals surface area contributed by atoms with Gasteiger partial charge in [0.15, 0.2) is 0 Å². The zero-order valence-corrected chi connectivity index (χ0v) is 46.1. The smallest absolute Gasteiger partial charge is 0.305 e. The van der Waals surface area contributed by atoms with Crippen molar-refractivity contribution in [2.24, 2.45) is 0 Å². The van der Waals surface area contributed by atoms with Crippen LogP contribution in [0.25, 0.3) is 0 Å². The van der Waals surface area contributed by atoms with Crippen LogP contribution in [-0.2, 0) is 14.3 Å². The number of allylic oxidation sites excluding steroid dienone is 1. The van der Waals surface area contributed by atoms with Gasteiger partial charge in [-0.2, -0.15) is 0 Å². The molecular formula is C62H121NO5.